The molecule has 1 aliphatic rings. The zero-order valence-electron chi connectivity index (χ0n) is 16.1. The van der Waals surface area contributed by atoms with Gasteiger partial charge in [0.05, 0.1) is 0 Å². The predicted octanol–water partition coefficient (Wildman–Crippen LogP) is 7.38. The van der Waals surface area contributed by atoms with Gasteiger partial charge in [0.25, 0.3) is 0 Å². The van der Waals surface area contributed by atoms with Crippen molar-refractivity contribution < 1.29 is 17.1 Å². The summed E-state index contributed by atoms with van der Waals surface area (Å²) in [7, 11) is 0. The van der Waals surface area contributed by atoms with Crippen molar-refractivity contribution in [2.45, 2.75) is 18.1 Å². The predicted molar refractivity (Wildman–Crippen MR) is 127 cm³/mol. The van der Waals surface area contributed by atoms with E-state index in [1.165, 1.54) is 11.1 Å². The Morgan fingerprint density at radius 2 is 1.55 bits per heavy atom. The minimum absolute atomic E-state index is 0. The molecule has 4 rings (SSSR count). The van der Waals surface area contributed by atoms with Crippen LogP contribution in [0.15, 0.2) is 103 Å². The molecule has 0 spiro atoms. The van der Waals surface area contributed by atoms with E-state index in [0.29, 0.717) is 5.25 Å². The first-order valence-corrected chi connectivity index (χ1v) is 10.8. The van der Waals surface area contributed by atoms with Gasteiger partial charge in [-0.05, 0) is 29.9 Å². The first-order valence-electron chi connectivity index (χ1n) is 9.51. The zero-order chi connectivity index (χ0) is 19.4. The third-order valence-electron chi connectivity index (χ3n) is 4.41. The van der Waals surface area contributed by atoms with Crippen molar-refractivity contribution in [2.75, 3.05) is 0 Å². The van der Waals surface area contributed by atoms with Gasteiger partial charge in [-0.15, -0.1) is 11.8 Å². The first-order chi connectivity index (χ1) is 13.8. The average molecular weight is 456 g/mol. The summed E-state index contributed by atoms with van der Waals surface area (Å²) in [5, 5.41) is 0.388. The van der Waals surface area contributed by atoms with Gasteiger partial charge in [-0.1, -0.05) is 79.3 Å². The van der Waals surface area contributed by atoms with Gasteiger partial charge < -0.3 is 0 Å². The van der Waals surface area contributed by atoms with Gasteiger partial charge in [0.1, 0.15) is 0 Å². The SMILES string of the molecule is S=C(SC(CCc1ccccc1)c1ccccc1)[C]1[CH]C=C[CH-]1.[Fe+2].c1cc[cH-]c1. The Kier molecular flexibility index (Phi) is 11.1. The number of aryl methyl sites for hydroxylation is 1. The Hall–Kier alpha value is -1.64. The fourth-order valence-electron chi connectivity index (χ4n) is 2.93. The molecular weight excluding hydrogens is 432 g/mol. The van der Waals surface area contributed by atoms with E-state index in [2.05, 4.69) is 73.5 Å². The van der Waals surface area contributed by atoms with Crippen molar-refractivity contribution in [1.29, 1.82) is 0 Å². The molecule has 29 heavy (non-hydrogen) atoms. The molecule has 1 atom stereocenters. The molecule has 148 valence electrons. The number of benzene rings is 2. The van der Waals surface area contributed by atoms with Gasteiger partial charge in [0.15, 0.2) is 0 Å². The van der Waals surface area contributed by atoms with Crippen LogP contribution in [0.2, 0.25) is 0 Å². The number of thiocarbonyl (C=S) groups is 1. The second-order valence-electron chi connectivity index (χ2n) is 6.46. The van der Waals surface area contributed by atoms with Crippen molar-refractivity contribution in [3.63, 3.8) is 0 Å². The summed E-state index contributed by atoms with van der Waals surface area (Å²) in [6.07, 6.45) is 10.4. The number of allylic oxidation sites excluding steroid dienone is 2. The second kappa shape index (κ2) is 13.6. The summed E-state index contributed by atoms with van der Waals surface area (Å²) in [5.41, 5.74) is 2.73. The summed E-state index contributed by atoms with van der Waals surface area (Å²) in [6, 6.07) is 31.4. The first kappa shape index (κ1) is 23.6. The van der Waals surface area contributed by atoms with Crippen molar-refractivity contribution in [1.82, 2.24) is 0 Å². The maximum Gasteiger partial charge on any atom is 2.00 e. The number of thioether (sulfide) groups is 1. The molecular formula is C26H24FeS2. The van der Waals surface area contributed by atoms with Crippen LogP contribution >= 0.6 is 24.0 Å². The van der Waals surface area contributed by atoms with E-state index in [1.807, 2.05) is 42.5 Å². The van der Waals surface area contributed by atoms with E-state index in [0.717, 1.165) is 23.0 Å². The van der Waals surface area contributed by atoms with Crippen LogP contribution < -0.4 is 0 Å². The Bertz CT molecular complexity index is 800. The quantitative estimate of drug-likeness (QED) is 0.216. The molecule has 0 saturated carbocycles. The Labute approximate surface area is 195 Å². The largest absolute Gasteiger partial charge is 2.00 e. The minimum Gasteiger partial charge on any atom is -0.231 e. The number of hydrogen-bond donors (Lipinski definition) is 0. The number of rotatable bonds is 6. The van der Waals surface area contributed by atoms with Crippen LogP contribution in [0.5, 0.6) is 0 Å². The molecule has 3 aromatic carbocycles. The van der Waals surface area contributed by atoms with Crippen LogP contribution in [0.3, 0.4) is 0 Å². The molecule has 0 fully saturated rings. The van der Waals surface area contributed by atoms with Gasteiger partial charge >= 0.3 is 17.1 Å². The molecule has 0 amide bonds. The maximum absolute atomic E-state index is 5.64. The van der Waals surface area contributed by atoms with Crippen LogP contribution in [0.4, 0.5) is 0 Å². The monoisotopic (exact) mass is 456 g/mol. The standard InChI is InChI=1S/C21H19S2.C5H5.Fe/c22-21(19-13-7-8-14-19)23-20(18-11-5-2-6-12-18)16-15-17-9-3-1-4-10-17;1-2-4-5-3-1;/h1-14,20H,15-16H2;1-5H;/q2*-1;+2. The summed E-state index contributed by atoms with van der Waals surface area (Å²) >= 11 is 7.45. The molecule has 0 bridgehead atoms. The molecule has 2 radical (unpaired) electrons. The summed E-state index contributed by atoms with van der Waals surface area (Å²) in [4.78, 5) is 0. The Morgan fingerprint density at radius 3 is 2.10 bits per heavy atom. The molecule has 0 aliphatic heterocycles. The Morgan fingerprint density at radius 1 is 0.897 bits per heavy atom. The van der Waals surface area contributed by atoms with Crippen molar-refractivity contribution in [3.05, 3.63) is 133 Å². The summed E-state index contributed by atoms with van der Waals surface area (Å²) in [6.45, 7) is 0. The van der Waals surface area contributed by atoms with Gasteiger partial charge in [0, 0.05) is 9.45 Å². The van der Waals surface area contributed by atoms with Crippen molar-refractivity contribution in [2.24, 2.45) is 0 Å². The minimum atomic E-state index is 0. The van der Waals surface area contributed by atoms with Crippen molar-refractivity contribution >= 4 is 28.2 Å². The van der Waals surface area contributed by atoms with Crippen LogP contribution in [-0.2, 0) is 23.5 Å². The molecule has 0 aromatic heterocycles. The topological polar surface area (TPSA) is 0 Å². The van der Waals surface area contributed by atoms with E-state index in [9.17, 15) is 0 Å². The second-order valence-corrected chi connectivity index (χ2v) is 8.34. The van der Waals surface area contributed by atoms with Crippen LogP contribution in [0, 0.1) is 18.8 Å². The van der Waals surface area contributed by atoms with Gasteiger partial charge in [-0.2, -0.15) is 18.2 Å². The van der Waals surface area contributed by atoms with E-state index >= 15 is 0 Å². The normalized spacial score (nSPS) is 13.5. The van der Waals surface area contributed by atoms with Crippen LogP contribution in [-0.4, -0.2) is 4.20 Å². The van der Waals surface area contributed by atoms with E-state index < -0.39 is 0 Å². The van der Waals surface area contributed by atoms with Crippen molar-refractivity contribution in [3.8, 4) is 0 Å². The van der Waals surface area contributed by atoms with Gasteiger partial charge in [0.2, 0.25) is 0 Å². The average Bonchev–Trinajstić information content (AvgIpc) is 3.49. The third-order valence-corrected chi connectivity index (χ3v) is 6.18. The molecule has 0 nitrogen and oxygen atoms in total. The van der Waals surface area contributed by atoms with E-state index in [4.69, 9.17) is 12.2 Å². The third kappa shape index (κ3) is 8.32. The van der Waals surface area contributed by atoms with E-state index in [-0.39, 0.29) is 17.1 Å². The van der Waals surface area contributed by atoms with Crippen LogP contribution in [0.1, 0.15) is 22.8 Å². The molecule has 0 saturated heterocycles. The summed E-state index contributed by atoms with van der Waals surface area (Å²) in [5.74, 6) is 1.16. The maximum atomic E-state index is 5.64. The smallest absolute Gasteiger partial charge is 0.231 e. The zero-order valence-corrected chi connectivity index (χ0v) is 18.9. The molecule has 3 aromatic rings. The van der Waals surface area contributed by atoms with E-state index in [1.54, 1.807) is 11.8 Å². The fraction of sp³-hybridized carbons (Fsp3) is 0.115. The molecule has 3 heteroatoms. The van der Waals surface area contributed by atoms with Gasteiger partial charge in [-0.25, -0.2) is 30.7 Å². The molecule has 1 aliphatic carbocycles. The van der Waals surface area contributed by atoms with Gasteiger partial charge in [-0.3, -0.25) is 0 Å². The fourth-order valence-corrected chi connectivity index (χ4v) is 4.48. The summed E-state index contributed by atoms with van der Waals surface area (Å²) < 4.78 is 0.983. The molecule has 1 unspecified atom stereocenters. The molecule has 0 N–H and O–H groups in total. The number of hydrogen-bond acceptors (Lipinski definition) is 2. The molecule has 0 heterocycles. The van der Waals surface area contributed by atoms with Crippen LogP contribution in [0.25, 0.3) is 0 Å². The Balaban J connectivity index is 0.000000437.